The molecule has 8 heteroatoms. The summed E-state index contributed by atoms with van der Waals surface area (Å²) in [6, 6.07) is 7.53. The summed E-state index contributed by atoms with van der Waals surface area (Å²) in [5, 5.41) is 3.87. The molecule has 3 aromatic rings. The summed E-state index contributed by atoms with van der Waals surface area (Å²) in [4.78, 5) is 11.2. The van der Waals surface area contributed by atoms with E-state index >= 15 is 0 Å². The smallest absolute Gasteiger partial charge is 0.360 e. The number of rotatable bonds is 3. The molecule has 0 amide bonds. The standard InChI is InChI=1S/C19H20F3N5/c20-19(21,22)15-10-25-18(26-12-7-5-11(23)6-8-12)27-17(15)14-9-24-16-4-2-1-3-13(14)16/h1-4,9-12,24H,5-8,23H2,(H,25,26,27). The SMILES string of the molecule is NC1CCC(Nc2ncc(C(F)(F)F)c(-c3c[nH]c4ccccc34)n2)CC1. The van der Waals surface area contributed by atoms with Crippen LogP contribution >= 0.6 is 0 Å². The van der Waals surface area contributed by atoms with Gasteiger partial charge >= 0.3 is 6.18 Å². The fraction of sp³-hybridized carbons (Fsp3) is 0.368. The fourth-order valence-corrected chi connectivity index (χ4v) is 3.58. The van der Waals surface area contributed by atoms with Crippen molar-refractivity contribution in [1.82, 2.24) is 15.0 Å². The van der Waals surface area contributed by atoms with Gasteiger partial charge in [0.25, 0.3) is 0 Å². The third-order valence-corrected chi connectivity index (χ3v) is 5.04. The first kappa shape index (κ1) is 17.8. The van der Waals surface area contributed by atoms with E-state index in [2.05, 4.69) is 20.3 Å². The van der Waals surface area contributed by atoms with Gasteiger partial charge in [-0.3, -0.25) is 0 Å². The van der Waals surface area contributed by atoms with Crippen molar-refractivity contribution >= 4 is 16.9 Å². The van der Waals surface area contributed by atoms with Crippen LogP contribution in [-0.4, -0.2) is 27.0 Å². The van der Waals surface area contributed by atoms with E-state index in [0.29, 0.717) is 10.9 Å². The zero-order chi connectivity index (χ0) is 19.0. The van der Waals surface area contributed by atoms with Crippen LogP contribution in [-0.2, 0) is 6.18 Å². The summed E-state index contributed by atoms with van der Waals surface area (Å²) in [6.07, 6.45) is 1.36. The molecular weight excluding hydrogens is 355 g/mol. The lowest BCUT2D eigenvalue weighted by molar-refractivity contribution is -0.137. The number of nitrogens with two attached hydrogens (primary N) is 1. The number of hydrogen-bond acceptors (Lipinski definition) is 4. The van der Waals surface area contributed by atoms with Crippen LogP contribution in [0.5, 0.6) is 0 Å². The summed E-state index contributed by atoms with van der Waals surface area (Å²) >= 11 is 0. The van der Waals surface area contributed by atoms with Crippen molar-refractivity contribution in [2.24, 2.45) is 5.73 Å². The van der Waals surface area contributed by atoms with Crippen molar-refractivity contribution in [3.05, 3.63) is 42.2 Å². The number of nitrogens with zero attached hydrogens (tertiary/aromatic N) is 2. The topological polar surface area (TPSA) is 79.6 Å². The van der Waals surface area contributed by atoms with Gasteiger partial charge in [0.05, 0.1) is 5.69 Å². The Morgan fingerprint density at radius 3 is 2.59 bits per heavy atom. The maximum atomic E-state index is 13.5. The second-order valence-electron chi connectivity index (χ2n) is 6.96. The Hall–Kier alpha value is -2.61. The molecular formula is C19H20F3N5. The molecule has 0 aliphatic heterocycles. The molecule has 0 atom stereocenters. The molecule has 27 heavy (non-hydrogen) atoms. The minimum Gasteiger partial charge on any atom is -0.360 e. The fourth-order valence-electron chi connectivity index (χ4n) is 3.58. The summed E-state index contributed by atoms with van der Waals surface area (Å²) in [5.41, 5.74) is 6.12. The lowest BCUT2D eigenvalue weighted by Gasteiger charge is -2.27. The molecule has 0 bridgehead atoms. The van der Waals surface area contributed by atoms with E-state index in [1.165, 1.54) is 0 Å². The van der Waals surface area contributed by atoms with Crippen LogP contribution in [0.25, 0.3) is 22.2 Å². The Balaban J connectivity index is 1.74. The Morgan fingerprint density at radius 1 is 1.11 bits per heavy atom. The number of H-pyrrole nitrogens is 1. The van der Waals surface area contributed by atoms with E-state index in [4.69, 9.17) is 5.73 Å². The number of aromatic amines is 1. The minimum absolute atomic E-state index is 0.120. The largest absolute Gasteiger partial charge is 0.419 e. The maximum absolute atomic E-state index is 13.5. The molecule has 1 aliphatic rings. The number of aromatic nitrogens is 3. The summed E-state index contributed by atoms with van der Waals surface area (Å²) < 4.78 is 40.6. The molecule has 142 valence electrons. The molecule has 1 aromatic carbocycles. The van der Waals surface area contributed by atoms with Gasteiger partial charge < -0.3 is 16.0 Å². The van der Waals surface area contributed by atoms with E-state index < -0.39 is 11.7 Å². The van der Waals surface area contributed by atoms with Crippen LogP contribution in [0.2, 0.25) is 0 Å². The van der Waals surface area contributed by atoms with Gasteiger partial charge in [0.1, 0.15) is 5.56 Å². The number of hydrogen-bond donors (Lipinski definition) is 3. The zero-order valence-corrected chi connectivity index (χ0v) is 14.6. The van der Waals surface area contributed by atoms with Crippen molar-refractivity contribution < 1.29 is 13.2 Å². The van der Waals surface area contributed by atoms with Gasteiger partial charge in [-0.15, -0.1) is 0 Å². The highest BCUT2D eigenvalue weighted by Crippen LogP contribution is 2.38. The second kappa shape index (κ2) is 6.84. The molecule has 2 aromatic heterocycles. The van der Waals surface area contributed by atoms with E-state index in [1.54, 1.807) is 18.3 Å². The molecule has 1 saturated carbocycles. The van der Waals surface area contributed by atoms with Crippen LogP contribution in [0.4, 0.5) is 19.1 Å². The molecule has 0 spiro atoms. The maximum Gasteiger partial charge on any atom is 0.419 e. The average Bonchev–Trinajstić information content (AvgIpc) is 3.07. The lowest BCUT2D eigenvalue weighted by Crippen LogP contribution is -2.33. The van der Waals surface area contributed by atoms with E-state index in [1.807, 2.05) is 12.1 Å². The molecule has 4 N–H and O–H groups in total. The first-order valence-electron chi connectivity index (χ1n) is 8.94. The number of nitrogens with one attached hydrogen (secondary N) is 2. The number of para-hydroxylation sites is 1. The highest BCUT2D eigenvalue weighted by molar-refractivity contribution is 5.95. The first-order chi connectivity index (χ1) is 12.9. The number of fused-ring (bicyclic) bond motifs is 1. The molecule has 1 fully saturated rings. The van der Waals surface area contributed by atoms with Gasteiger partial charge in [0.2, 0.25) is 5.95 Å². The lowest BCUT2D eigenvalue weighted by atomic mass is 9.92. The molecule has 0 unspecified atom stereocenters. The van der Waals surface area contributed by atoms with Crippen molar-refractivity contribution in [3.8, 4) is 11.3 Å². The number of halogens is 3. The quantitative estimate of drug-likeness (QED) is 0.637. The highest BCUT2D eigenvalue weighted by Gasteiger charge is 2.36. The Kier molecular flexibility index (Phi) is 4.51. The average molecular weight is 375 g/mol. The van der Waals surface area contributed by atoms with Crippen LogP contribution < -0.4 is 11.1 Å². The van der Waals surface area contributed by atoms with Crippen LogP contribution in [0.1, 0.15) is 31.2 Å². The Bertz CT molecular complexity index is 942. The normalized spacial score (nSPS) is 20.7. The van der Waals surface area contributed by atoms with Crippen molar-refractivity contribution in [1.29, 1.82) is 0 Å². The van der Waals surface area contributed by atoms with E-state index in [-0.39, 0.29) is 23.7 Å². The van der Waals surface area contributed by atoms with Crippen LogP contribution in [0.15, 0.2) is 36.7 Å². The number of alkyl halides is 3. The van der Waals surface area contributed by atoms with Gasteiger partial charge in [-0.25, -0.2) is 9.97 Å². The molecule has 0 radical (unpaired) electrons. The second-order valence-corrected chi connectivity index (χ2v) is 6.96. The highest BCUT2D eigenvalue weighted by atomic mass is 19.4. The zero-order valence-electron chi connectivity index (χ0n) is 14.6. The van der Waals surface area contributed by atoms with Crippen molar-refractivity contribution in [3.63, 3.8) is 0 Å². The first-order valence-corrected chi connectivity index (χ1v) is 8.94. The predicted octanol–water partition coefficient (Wildman–Crippen LogP) is 4.33. The van der Waals surface area contributed by atoms with Gasteiger partial charge in [-0.2, -0.15) is 13.2 Å². The molecule has 4 rings (SSSR count). The molecule has 2 heterocycles. The third-order valence-electron chi connectivity index (χ3n) is 5.04. The Labute approximate surface area is 154 Å². The number of anilines is 1. The van der Waals surface area contributed by atoms with Crippen LogP contribution in [0, 0.1) is 0 Å². The van der Waals surface area contributed by atoms with Crippen molar-refractivity contribution in [2.45, 2.75) is 43.9 Å². The predicted molar refractivity (Wildman–Crippen MR) is 98.2 cm³/mol. The third kappa shape index (κ3) is 3.62. The van der Waals surface area contributed by atoms with Gasteiger partial charge in [0.15, 0.2) is 0 Å². The van der Waals surface area contributed by atoms with E-state index in [9.17, 15) is 13.2 Å². The summed E-state index contributed by atoms with van der Waals surface area (Å²) in [7, 11) is 0. The summed E-state index contributed by atoms with van der Waals surface area (Å²) in [6.45, 7) is 0. The van der Waals surface area contributed by atoms with E-state index in [0.717, 1.165) is 37.4 Å². The molecule has 0 saturated heterocycles. The summed E-state index contributed by atoms with van der Waals surface area (Å²) in [5.74, 6) is 0.212. The Morgan fingerprint density at radius 2 is 1.85 bits per heavy atom. The van der Waals surface area contributed by atoms with Gasteiger partial charge in [-0.1, -0.05) is 18.2 Å². The monoisotopic (exact) mass is 375 g/mol. The number of benzene rings is 1. The molecule has 1 aliphatic carbocycles. The van der Waals surface area contributed by atoms with Crippen LogP contribution in [0.3, 0.4) is 0 Å². The van der Waals surface area contributed by atoms with Gasteiger partial charge in [0, 0.05) is 40.9 Å². The van der Waals surface area contributed by atoms with Crippen molar-refractivity contribution in [2.75, 3.05) is 5.32 Å². The molecule has 5 nitrogen and oxygen atoms in total. The minimum atomic E-state index is -4.54. The van der Waals surface area contributed by atoms with Gasteiger partial charge in [-0.05, 0) is 31.7 Å².